The van der Waals surface area contributed by atoms with Crippen molar-refractivity contribution in [3.8, 4) is 0 Å². The Hall–Kier alpha value is -1.57. The summed E-state index contributed by atoms with van der Waals surface area (Å²) in [4.78, 5) is 4.53. The molecule has 0 aliphatic heterocycles. The standard InChI is InChI=1S/C14H18N2/c1-11-10-15-13(16(11)4)14(2,3)12-8-6-5-7-9-12/h5-10H,1-4H3. The van der Waals surface area contributed by atoms with Gasteiger partial charge in [0.1, 0.15) is 5.82 Å². The molecule has 2 nitrogen and oxygen atoms in total. The van der Waals surface area contributed by atoms with E-state index < -0.39 is 0 Å². The molecule has 1 aromatic heterocycles. The van der Waals surface area contributed by atoms with Crippen LogP contribution in [0.3, 0.4) is 0 Å². The Morgan fingerprint density at radius 3 is 2.25 bits per heavy atom. The number of hydrogen-bond acceptors (Lipinski definition) is 1. The second kappa shape index (κ2) is 3.78. The maximum absolute atomic E-state index is 4.53. The molecule has 0 radical (unpaired) electrons. The molecule has 1 heterocycles. The van der Waals surface area contributed by atoms with Gasteiger partial charge in [-0.25, -0.2) is 4.98 Å². The Kier molecular flexibility index (Phi) is 2.58. The topological polar surface area (TPSA) is 17.8 Å². The minimum atomic E-state index is -0.0513. The van der Waals surface area contributed by atoms with Gasteiger partial charge >= 0.3 is 0 Å². The maximum atomic E-state index is 4.53. The summed E-state index contributed by atoms with van der Waals surface area (Å²) < 4.78 is 2.16. The number of hydrogen-bond donors (Lipinski definition) is 0. The maximum Gasteiger partial charge on any atom is 0.118 e. The van der Waals surface area contributed by atoms with Gasteiger partial charge in [0, 0.05) is 24.4 Å². The normalized spacial score (nSPS) is 11.8. The summed E-state index contributed by atoms with van der Waals surface area (Å²) in [7, 11) is 2.07. The molecule has 0 N–H and O–H groups in total. The predicted octanol–water partition coefficient (Wildman–Crippen LogP) is 3.05. The van der Waals surface area contributed by atoms with Crippen molar-refractivity contribution >= 4 is 0 Å². The van der Waals surface area contributed by atoms with E-state index in [1.54, 1.807) is 0 Å². The van der Waals surface area contributed by atoms with E-state index in [1.807, 2.05) is 12.3 Å². The fraction of sp³-hybridized carbons (Fsp3) is 0.357. The van der Waals surface area contributed by atoms with Crippen LogP contribution in [0.5, 0.6) is 0 Å². The average Bonchev–Trinajstić information content (AvgIpc) is 2.61. The number of rotatable bonds is 2. The van der Waals surface area contributed by atoms with Crippen LogP contribution in [0.15, 0.2) is 36.5 Å². The molecule has 0 unspecified atom stereocenters. The SMILES string of the molecule is Cc1cnc(C(C)(C)c2ccccc2)n1C. The summed E-state index contributed by atoms with van der Waals surface area (Å²) in [5, 5.41) is 0. The molecule has 0 bridgehead atoms. The minimum absolute atomic E-state index is 0.0513. The Labute approximate surface area is 97.0 Å². The Bertz CT molecular complexity index is 481. The lowest BCUT2D eigenvalue weighted by molar-refractivity contribution is 0.559. The van der Waals surface area contributed by atoms with Crippen LogP contribution >= 0.6 is 0 Å². The van der Waals surface area contributed by atoms with E-state index in [0.29, 0.717) is 0 Å². The molecule has 0 saturated carbocycles. The highest BCUT2D eigenvalue weighted by Crippen LogP contribution is 2.30. The largest absolute Gasteiger partial charge is 0.335 e. The molecule has 84 valence electrons. The van der Waals surface area contributed by atoms with Crippen molar-refractivity contribution in [2.75, 3.05) is 0 Å². The molecule has 0 aliphatic carbocycles. The molecule has 2 aromatic rings. The van der Waals surface area contributed by atoms with Gasteiger partial charge in [-0.05, 0) is 26.3 Å². The number of nitrogens with zero attached hydrogens (tertiary/aromatic N) is 2. The number of aromatic nitrogens is 2. The Morgan fingerprint density at radius 1 is 1.12 bits per heavy atom. The third kappa shape index (κ3) is 1.64. The van der Waals surface area contributed by atoms with Gasteiger partial charge in [0.15, 0.2) is 0 Å². The summed E-state index contributed by atoms with van der Waals surface area (Å²) >= 11 is 0. The van der Waals surface area contributed by atoms with Crippen LogP contribution in [-0.2, 0) is 12.5 Å². The van der Waals surface area contributed by atoms with Gasteiger partial charge in [0.05, 0.1) is 0 Å². The molecule has 0 saturated heterocycles. The highest BCUT2D eigenvalue weighted by atomic mass is 15.1. The minimum Gasteiger partial charge on any atom is -0.335 e. The first-order valence-corrected chi connectivity index (χ1v) is 5.58. The average molecular weight is 214 g/mol. The predicted molar refractivity (Wildman–Crippen MR) is 66.5 cm³/mol. The molecule has 0 aliphatic rings. The molecule has 1 aromatic carbocycles. The van der Waals surface area contributed by atoms with Crippen molar-refractivity contribution in [2.24, 2.45) is 7.05 Å². The van der Waals surface area contributed by atoms with Crippen molar-refractivity contribution in [3.63, 3.8) is 0 Å². The van der Waals surface area contributed by atoms with Gasteiger partial charge < -0.3 is 4.57 Å². The summed E-state index contributed by atoms with van der Waals surface area (Å²) in [5.41, 5.74) is 2.44. The van der Waals surface area contributed by atoms with Crippen LogP contribution in [0.25, 0.3) is 0 Å². The Morgan fingerprint density at radius 2 is 1.75 bits per heavy atom. The smallest absolute Gasteiger partial charge is 0.118 e. The highest BCUT2D eigenvalue weighted by Gasteiger charge is 2.27. The number of imidazole rings is 1. The van der Waals surface area contributed by atoms with Crippen LogP contribution in [0.4, 0.5) is 0 Å². The lowest BCUT2D eigenvalue weighted by atomic mass is 9.84. The lowest BCUT2D eigenvalue weighted by Crippen LogP contribution is -2.23. The van der Waals surface area contributed by atoms with E-state index in [0.717, 1.165) is 5.82 Å². The molecule has 0 atom stereocenters. The fourth-order valence-electron chi connectivity index (χ4n) is 2.06. The van der Waals surface area contributed by atoms with E-state index in [-0.39, 0.29) is 5.41 Å². The first-order valence-electron chi connectivity index (χ1n) is 5.58. The van der Waals surface area contributed by atoms with E-state index in [1.165, 1.54) is 11.3 Å². The molecular weight excluding hydrogens is 196 g/mol. The van der Waals surface area contributed by atoms with E-state index in [4.69, 9.17) is 0 Å². The Balaban J connectivity index is 2.51. The van der Waals surface area contributed by atoms with Gasteiger partial charge in [-0.2, -0.15) is 0 Å². The van der Waals surface area contributed by atoms with Gasteiger partial charge in [0.25, 0.3) is 0 Å². The summed E-state index contributed by atoms with van der Waals surface area (Å²) in [6.45, 7) is 6.51. The van der Waals surface area contributed by atoms with E-state index in [2.05, 4.69) is 61.6 Å². The number of benzene rings is 1. The van der Waals surface area contributed by atoms with E-state index >= 15 is 0 Å². The van der Waals surface area contributed by atoms with Crippen LogP contribution in [0.1, 0.15) is 30.9 Å². The highest BCUT2D eigenvalue weighted by molar-refractivity contribution is 5.31. The molecule has 0 amide bonds. The second-order valence-corrected chi connectivity index (χ2v) is 4.77. The van der Waals surface area contributed by atoms with Crippen molar-refractivity contribution in [1.29, 1.82) is 0 Å². The first-order chi connectivity index (χ1) is 7.53. The van der Waals surface area contributed by atoms with Gasteiger partial charge in [-0.15, -0.1) is 0 Å². The zero-order valence-corrected chi connectivity index (χ0v) is 10.4. The van der Waals surface area contributed by atoms with Gasteiger partial charge in [-0.1, -0.05) is 30.3 Å². The molecule has 0 fully saturated rings. The van der Waals surface area contributed by atoms with Crippen LogP contribution in [0.2, 0.25) is 0 Å². The quantitative estimate of drug-likeness (QED) is 0.751. The van der Waals surface area contributed by atoms with Gasteiger partial charge in [0.2, 0.25) is 0 Å². The van der Waals surface area contributed by atoms with Crippen molar-refractivity contribution in [2.45, 2.75) is 26.2 Å². The van der Waals surface area contributed by atoms with Crippen LogP contribution < -0.4 is 0 Å². The number of aryl methyl sites for hydroxylation is 1. The van der Waals surface area contributed by atoms with Crippen LogP contribution in [-0.4, -0.2) is 9.55 Å². The third-order valence-corrected chi connectivity index (χ3v) is 3.27. The molecular formula is C14H18N2. The summed E-state index contributed by atoms with van der Waals surface area (Å²) in [6.07, 6.45) is 1.93. The summed E-state index contributed by atoms with van der Waals surface area (Å²) in [5.74, 6) is 1.11. The first kappa shape index (κ1) is 10.9. The van der Waals surface area contributed by atoms with Crippen molar-refractivity contribution < 1.29 is 0 Å². The van der Waals surface area contributed by atoms with Crippen molar-refractivity contribution in [3.05, 3.63) is 53.6 Å². The zero-order valence-electron chi connectivity index (χ0n) is 10.4. The molecule has 0 spiro atoms. The third-order valence-electron chi connectivity index (χ3n) is 3.27. The monoisotopic (exact) mass is 214 g/mol. The van der Waals surface area contributed by atoms with Gasteiger partial charge in [-0.3, -0.25) is 0 Å². The molecule has 16 heavy (non-hydrogen) atoms. The summed E-state index contributed by atoms with van der Waals surface area (Å²) in [6, 6.07) is 10.5. The van der Waals surface area contributed by atoms with Crippen LogP contribution in [0, 0.1) is 6.92 Å². The van der Waals surface area contributed by atoms with E-state index in [9.17, 15) is 0 Å². The lowest BCUT2D eigenvalue weighted by Gasteiger charge is -2.25. The van der Waals surface area contributed by atoms with Crippen molar-refractivity contribution in [1.82, 2.24) is 9.55 Å². The zero-order chi connectivity index (χ0) is 11.8. The molecule has 2 rings (SSSR count). The molecule has 2 heteroatoms. The fourth-order valence-corrected chi connectivity index (χ4v) is 2.06. The second-order valence-electron chi connectivity index (χ2n) is 4.77.